The summed E-state index contributed by atoms with van der Waals surface area (Å²) in [6, 6.07) is 12.7. The van der Waals surface area contributed by atoms with Gasteiger partial charge in [0, 0.05) is 33.6 Å². The number of benzene rings is 2. The first-order chi connectivity index (χ1) is 12.8. The Labute approximate surface area is 182 Å². The Balaban J connectivity index is 1.77. The zero-order valence-electron chi connectivity index (χ0n) is 14.0. The second kappa shape index (κ2) is 9.04. The number of alkyl halides is 3. The Morgan fingerprint density at radius 1 is 1.04 bits per heavy atom. The fraction of sp³-hybridized carbons (Fsp3) is 0.211. The van der Waals surface area contributed by atoms with Crippen LogP contribution >= 0.6 is 58.0 Å². The number of rotatable bonds is 6. The molecule has 27 heavy (non-hydrogen) atoms. The minimum Gasteiger partial charge on any atom is -0.367 e. The Kier molecular flexibility index (Phi) is 6.96. The Morgan fingerprint density at radius 2 is 1.78 bits per heavy atom. The maximum absolute atomic E-state index is 6.38. The fourth-order valence-electron chi connectivity index (χ4n) is 2.58. The van der Waals surface area contributed by atoms with Gasteiger partial charge in [-0.2, -0.15) is 0 Å². The largest absolute Gasteiger partial charge is 0.367 e. The maximum Gasteiger partial charge on any atom is 0.216 e. The minimum absolute atomic E-state index is 0.281. The highest BCUT2D eigenvalue weighted by Crippen LogP contribution is 2.38. The molecule has 0 aliphatic heterocycles. The van der Waals surface area contributed by atoms with Gasteiger partial charge < -0.3 is 9.30 Å². The number of hydrogen-bond acceptors (Lipinski definition) is 2. The molecule has 0 saturated heterocycles. The van der Waals surface area contributed by atoms with Gasteiger partial charge in [-0.25, -0.2) is 4.98 Å². The lowest BCUT2D eigenvalue weighted by molar-refractivity contribution is 0.0280. The van der Waals surface area contributed by atoms with Gasteiger partial charge in [0.05, 0.1) is 19.5 Å². The van der Waals surface area contributed by atoms with Crippen molar-refractivity contribution in [3.8, 4) is 0 Å². The molecular weight excluding hydrogens is 449 g/mol. The third-order valence-corrected chi connectivity index (χ3v) is 5.19. The lowest BCUT2D eigenvalue weighted by Crippen LogP contribution is -2.12. The third kappa shape index (κ3) is 5.77. The number of imidazole rings is 1. The van der Waals surface area contributed by atoms with E-state index >= 15 is 0 Å². The summed E-state index contributed by atoms with van der Waals surface area (Å²) < 4.78 is 6.65. The molecule has 1 aromatic heterocycles. The molecule has 0 saturated carbocycles. The molecule has 0 amide bonds. The summed E-state index contributed by atoms with van der Waals surface area (Å²) in [6.45, 7) is 0.937. The van der Waals surface area contributed by atoms with Gasteiger partial charge in [-0.3, -0.25) is 0 Å². The van der Waals surface area contributed by atoms with Crippen LogP contribution < -0.4 is 0 Å². The van der Waals surface area contributed by atoms with Gasteiger partial charge >= 0.3 is 0 Å². The van der Waals surface area contributed by atoms with E-state index in [2.05, 4.69) is 4.98 Å². The van der Waals surface area contributed by atoms with E-state index in [0.29, 0.717) is 28.8 Å². The van der Waals surface area contributed by atoms with Crippen molar-refractivity contribution < 1.29 is 4.74 Å². The zero-order valence-corrected chi connectivity index (χ0v) is 17.7. The molecule has 0 spiro atoms. The summed E-state index contributed by atoms with van der Waals surface area (Å²) in [5.74, 6) is 0. The standard InChI is InChI=1S/C19H15Cl5N2O/c20-15-5-6-16(17(21)9-15)18(10-26-8-7-25-12-26)27-11-13-1-3-14(4-2-13)19(22,23)24/h1-9,12,18H,10-11H2. The van der Waals surface area contributed by atoms with Crippen LogP contribution in [0.25, 0.3) is 0 Å². The zero-order chi connectivity index (χ0) is 19.4. The van der Waals surface area contributed by atoms with Crippen molar-refractivity contribution in [2.45, 2.75) is 23.0 Å². The van der Waals surface area contributed by atoms with E-state index in [1.807, 2.05) is 29.0 Å². The second-order valence-electron chi connectivity index (χ2n) is 5.92. The summed E-state index contributed by atoms with van der Waals surface area (Å²) >= 11 is 30.1. The Morgan fingerprint density at radius 3 is 2.37 bits per heavy atom. The molecule has 0 radical (unpaired) electrons. The van der Waals surface area contributed by atoms with Gasteiger partial charge in [0.15, 0.2) is 0 Å². The second-order valence-corrected chi connectivity index (χ2v) is 9.04. The summed E-state index contributed by atoms with van der Waals surface area (Å²) in [6.07, 6.45) is 5.04. The molecular formula is C19H15Cl5N2O. The average molecular weight is 465 g/mol. The number of hydrogen-bond donors (Lipinski definition) is 0. The van der Waals surface area contributed by atoms with Crippen molar-refractivity contribution in [1.82, 2.24) is 9.55 Å². The van der Waals surface area contributed by atoms with E-state index in [-0.39, 0.29) is 6.10 Å². The average Bonchev–Trinajstić information content (AvgIpc) is 3.12. The summed E-state index contributed by atoms with van der Waals surface area (Å²) in [4.78, 5) is 4.07. The molecule has 3 nitrogen and oxygen atoms in total. The van der Waals surface area contributed by atoms with Gasteiger partial charge in [-0.05, 0) is 17.7 Å². The molecule has 2 aromatic carbocycles. The first kappa shape index (κ1) is 20.8. The number of nitrogens with zero attached hydrogens (tertiary/aromatic N) is 2. The van der Waals surface area contributed by atoms with Crippen molar-refractivity contribution in [3.05, 3.63) is 87.9 Å². The van der Waals surface area contributed by atoms with E-state index in [4.69, 9.17) is 62.7 Å². The van der Waals surface area contributed by atoms with Crippen molar-refractivity contribution >= 4 is 58.0 Å². The van der Waals surface area contributed by atoms with Crippen LogP contribution in [0.1, 0.15) is 22.8 Å². The van der Waals surface area contributed by atoms with Crippen LogP contribution in [-0.4, -0.2) is 9.55 Å². The maximum atomic E-state index is 6.38. The highest BCUT2D eigenvalue weighted by Gasteiger charge is 2.22. The third-order valence-electron chi connectivity index (χ3n) is 3.98. The summed E-state index contributed by atoms with van der Waals surface area (Å²) in [5, 5.41) is 1.13. The lowest BCUT2D eigenvalue weighted by Gasteiger charge is -2.21. The van der Waals surface area contributed by atoms with Crippen molar-refractivity contribution in [2.24, 2.45) is 0 Å². The number of ether oxygens (including phenoxy) is 1. The molecule has 1 unspecified atom stereocenters. The molecule has 8 heteroatoms. The van der Waals surface area contributed by atoms with Gasteiger partial charge in [0.2, 0.25) is 3.79 Å². The smallest absolute Gasteiger partial charge is 0.216 e. The molecule has 0 aliphatic rings. The lowest BCUT2D eigenvalue weighted by atomic mass is 10.1. The summed E-state index contributed by atoms with van der Waals surface area (Å²) in [5.41, 5.74) is 2.41. The van der Waals surface area contributed by atoms with E-state index in [9.17, 15) is 0 Å². The summed E-state index contributed by atoms with van der Waals surface area (Å²) in [7, 11) is 0. The van der Waals surface area contributed by atoms with E-state index in [1.165, 1.54) is 0 Å². The molecule has 1 atom stereocenters. The molecule has 0 bridgehead atoms. The highest BCUT2D eigenvalue weighted by atomic mass is 35.6. The number of aromatic nitrogens is 2. The van der Waals surface area contributed by atoms with E-state index in [0.717, 1.165) is 11.1 Å². The van der Waals surface area contributed by atoms with Crippen LogP contribution in [0.2, 0.25) is 10.0 Å². The minimum atomic E-state index is -1.44. The number of halogens is 5. The van der Waals surface area contributed by atoms with E-state index < -0.39 is 3.79 Å². The Hall–Kier alpha value is -0.940. The molecule has 0 aliphatic carbocycles. The van der Waals surface area contributed by atoms with Crippen LogP contribution in [-0.2, 0) is 21.7 Å². The molecule has 142 valence electrons. The first-order valence-corrected chi connectivity index (χ1v) is 9.90. The van der Waals surface area contributed by atoms with Crippen LogP contribution in [0.3, 0.4) is 0 Å². The monoisotopic (exact) mass is 462 g/mol. The van der Waals surface area contributed by atoms with Crippen LogP contribution in [0, 0.1) is 0 Å². The Bertz CT molecular complexity index is 876. The SMILES string of the molecule is Clc1ccc(C(Cn2ccnc2)OCc2ccc(C(Cl)(Cl)Cl)cc2)c(Cl)c1. The van der Waals surface area contributed by atoms with Gasteiger partial charge in [-0.1, -0.05) is 88.3 Å². The van der Waals surface area contributed by atoms with Crippen molar-refractivity contribution in [2.75, 3.05) is 0 Å². The molecule has 3 aromatic rings. The van der Waals surface area contributed by atoms with Crippen LogP contribution in [0.15, 0.2) is 61.2 Å². The highest BCUT2D eigenvalue weighted by molar-refractivity contribution is 6.66. The van der Waals surface area contributed by atoms with Crippen molar-refractivity contribution in [1.29, 1.82) is 0 Å². The molecule has 0 N–H and O–H groups in total. The fourth-order valence-corrected chi connectivity index (χ4v) is 3.48. The van der Waals surface area contributed by atoms with Gasteiger partial charge in [-0.15, -0.1) is 0 Å². The first-order valence-electron chi connectivity index (χ1n) is 8.01. The predicted octanol–water partition coefficient (Wildman–Crippen LogP) is 6.97. The normalized spacial score (nSPS) is 12.9. The van der Waals surface area contributed by atoms with Crippen molar-refractivity contribution in [3.63, 3.8) is 0 Å². The van der Waals surface area contributed by atoms with E-state index in [1.54, 1.807) is 36.8 Å². The molecule has 3 rings (SSSR count). The van der Waals surface area contributed by atoms with Gasteiger partial charge in [0.1, 0.15) is 6.10 Å². The topological polar surface area (TPSA) is 27.1 Å². The quantitative estimate of drug-likeness (QED) is 0.368. The predicted molar refractivity (Wildman–Crippen MR) is 112 cm³/mol. The van der Waals surface area contributed by atoms with Crippen LogP contribution in [0.4, 0.5) is 0 Å². The molecule has 0 fully saturated rings. The molecule has 1 heterocycles. The van der Waals surface area contributed by atoms with Gasteiger partial charge in [0.25, 0.3) is 0 Å². The van der Waals surface area contributed by atoms with Crippen LogP contribution in [0.5, 0.6) is 0 Å².